The number of aliphatic hydroxyl groups is 1. The van der Waals surface area contributed by atoms with Crippen molar-refractivity contribution in [2.24, 2.45) is 11.5 Å². The molecule has 0 aliphatic carbocycles. The number of rotatable bonds is 11. The minimum Gasteiger partial charge on any atom is -0.493 e. The van der Waals surface area contributed by atoms with Crippen LogP contribution in [-0.4, -0.2) is 48.3 Å². The third kappa shape index (κ3) is 7.50. The van der Waals surface area contributed by atoms with Gasteiger partial charge < -0.3 is 31.4 Å². The summed E-state index contributed by atoms with van der Waals surface area (Å²) in [6.07, 6.45) is -5.35. The Balaban J connectivity index is 1.95. The van der Waals surface area contributed by atoms with E-state index in [-0.39, 0.29) is 46.9 Å². The molecule has 6 N–H and O–H groups in total. The van der Waals surface area contributed by atoms with Gasteiger partial charge in [0.1, 0.15) is 5.82 Å². The van der Waals surface area contributed by atoms with Gasteiger partial charge in [0.15, 0.2) is 11.5 Å². The van der Waals surface area contributed by atoms with Crippen LogP contribution in [-0.2, 0) is 15.9 Å². The van der Waals surface area contributed by atoms with Crippen LogP contribution in [0.5, 0.6) is 11.5 Å². The molecule has 3 rings (SSSR count). The highest BCUT2D eigenvalue weighted by Crippen LogP contribution is 2.40. The topological polar surface area (TPSA) is 150 Å². The van der Waals surface area contributed by atoms with Crippen molar-refractivity contribution in [2.75, 3.05) is 20.3 Å². The van der Waals surface area contributed by atoms with Crippen molar-refractivity contribution in [2.45, 2.75) is 37.6 Å². The molecule has 2 amide bonds. The number of carbonyl (C=O) groups is 2. The monoisotopic (exact) mass is 578 g/mol. The minimum atomic E-state index is -5.28. The lowest BCUT2D eigenvalue weighted by molar-refractivity contribution is -0.265. The molecule has 2 aromatic carbocycles. The number of aromatic nitrogens is 1. The number of nitrogens with zero attached hydrogens (tertiary/aromatic N) is 1. The third-order valence-electron chi connectivity index (χ3n) is 6.14. The summed E-state index contributed by atoms with van der Waals surface area (Å²) in [6, 6.07) is 11.2. The maximum absolute atomic E-state index is 14.4. The highest BCUT2D eigenvalue weighted by molar-refractivity contribution is 5.95. The molecular formula is C28H30F4N4O5. The Bertz CT molecular complexity index is 1410. The van der Waals surface area contributed by atoms with E-state index in [4.69, 9.17) is 20.9 Å². The van der Waals surface area contributed by atoms with Crippen molar-refractivity contribution in [3.63, 3.8) is 0 Å². The van der Waals surface area contributed by atoms with Crippen molar-refractivity contribution < 1.29 is 41.7 Å². The van der Waals surface area contributed by atoms with Gasteiger partial charge in [-0.2, -0.15) is 13.2 Å². The largest absolute Gasteiger partial charge is 0.493 e. The molecule has 0 spiro atoms. The smallest absolute Gasteiger partial charge is 0.424 e. The number of pyridine rings is 1. The molecule has 1 atom stereocenters. The number of amides is 2. The summed E-state index contributed by atoms with van der Waals surface area (Å²) in [6.45, 7) is 1.77. The van der Waals surface area contributed by atoms with Crippen LogP contribution >= 0.6 is 0 Å². The average molecular weight is 579 g/mol. The summed E-state index contributed by atoms with van der Waals surface area (Å²) >= 11 is 0. The van der Waals surface area contributed by atoms with Crippen LogP contribution in [0.25, 0.3) is 11.3 Å². The van der Waals surface area contributed by atoms with E-state index in [1.54, 1.807) is 13.8 Å². The molecular weight excluding hydrogens is 548 g/mol. The Morgan fingerprint density at radius 3 is 2.24 bits per heavy atom. The van der Waals surface area contributed by atoms with Crippen molar-refractivity contribution >= 4 is 11.8 Å². The van der Waals surface area contributed by atoms with Gasteiger partial charge in [0.25, 0.3) is 5.91 Å². The molecule has 13 heteroatoms. The maximum atomic E-state index is 14.4. The number of benzene rings is 2. The number of ether oxygens (including phenoxy) is 2. The minimum absolute atomic E-state index is 0.0155. The molecule has 1 aromatic heterocycles. The van der Waals surface area contributed by atoms with Gasteiger partial charge in [-0.15, -0.1) is 0 Å². The van der Waals surface area contributed by atoms with Gasteiger partial charge in [0, 0.05) is 16.7 Å². The molecule has 0 radical (unpaired) electrons. The van der Waals surface area contributed by atoms with Crippen LogP contribution in [0.15, 0.2) is 54.6 Å². The molecule has 3 aromatic rings. The van der Waals surface area contributed by atoms with Gasteiger partial charge in [0.05, 0.1) is 38.1 Å². The number of hydrogen-bond donors (Lipinski definition) is 4. The third-order valence-corrected chi connectivity index (χ3v) is 6.14. The first-order chi connectivity index (χ1) is 19.0. The second-order valence-electron chi connectivity index (χ2n) is 9.83. The fraction of sp³-hybridized carbons (Fsp3) is 0.321. The first-order valence-corrected chi connectivity index (χ1v) is 12.3. The molecule has 41 heavy (non-hydrogen) atoms. The molecule has 0 saturated carbocycles. The Kier molecular flexibility index (Phi) is 9.24. The predicted octanol–water partition coefficient (Wildman–Crippen LogP) is 3.52. The molecule has 0 aliphatic heterocycles. The second-order valence-corrected chi connectivity index (χ2v) is 9.83. The summed E-state index contributed by atoms with van der Waals surface area (Å²) in [4.78, 5) is 27.8. The molecule has 1 heterocycles. The zero-order valence-electron chi connectivity index (χ0n) is 22.5. The number of halogens is 4. The molecule has 0 saturated heterocycles. The van der Waals surface area contributed by atoms with Crippen LogP contribution in [0.1, 0.15) is 41.9 Å². The Hall–Kier alpha value is -4.23. The first kappa shape index (κ1) is 31.3. The zero-order chi connectivity index (χ0) is 30.6. The van der Waals surface area contributed by atoms with Crippen molar-refractivity contribution in [1.29, 1.82) is 0 Å². The lowest BCUT2D eigenvalue weighted by Crippen LogP contribution is -2.51. The van der Waals surface area contributed by atoms with E-state index in [1.807, 2.05) is 0 Å². The molecule has 1 unspecified atom stereocenters. The standard InChI is InChI=1S/C28H30F4N4O5/c1-26(2,34)18-13-20(16-4-7-19(29)8-5-16)36-23(14-18)27(39,28(30,31)32)15-35-25(38)17-6-9-21(22(12-17)40-3)41-11-10-24(33)37/h4-9,12-14,39H,10-11,15,34H2,1-3H3,(H2,33,37)(H,35,38). The fourth-order valence-corrected chi connectivity index (χ4v) is 3.72. The number of hydrogen-bond acceptors (Lipinski definition) is 7. The lowest BCUT2D eigenvalue weighted by atomic mass is 9.89. The highest BCUT2D eigenvalue weighted by Gasteiger charge is 2.56. The van der Waals surface area contributed by atoms with Gasteiger partial charge in [0.2, 0.25) is 11.5 Å². The summed E-state index contributed by atoms with van der Waals surface area (Å²) in [7, 11) is 1.29. The van der Waals surface area contributed by atoms with E-state index >= 15 is 0 Å². The summed E-state index contributed by atoms with van der Waals surface area (Å²) < 4.78 is 67.3. The highest BCUT2D eigenvalue weighted by atomic mass is 19.4. The second kappa shape index (κ2) is 12.1. The van der Waals surface area contributed by atoms with Crippen molar-refractivity contribution in [3.8, 4) is 22.8 Å². The van der Waals surface area contributed by atoms with Gasteiger partial charge in [-0.3, -0.25) is 9.59 Å². The quantitative estimate of drug-likeness (QED) is 0.254. The van der Waals surface area contributed by atoms with Crippen LogP contribution in [0.4, 0.5) is 17.6 Å². The summed E-state index contributed by atoms with van der Waals surface area (Å²) in [5.74, 6) is -1.84. The van der Waals surface area contributed by atoms with Crippen LogP contribution in [0.3, 0.4) is 0 Å². The van der Waals surface area contributed by atoms with Gasteiger partial charge in [-0.25, -0.2) is 9.37 Å². The van der Waals surface area contributed by atoms with E-state index < -0.39 is 47.2 Å². The number of methoxy groups -OCH3 is 1. The van der Waals surface area contributed by atoms with Crippen LogP contribution < -0.4 is 26.3 Å². The number of nitrogens with two attached hydrogens (primary N) is 2. The Labute approximate surface area is 233 Å². The van der Waals surface area contributed by atoms with E-state index in [1.165, 1.54) is 43.5 Å². The number of primary amides is 1. The molecule has 0 aliphatic rings. The summed E-state index contributed by atoms with van der Waals surface area (Å²) in [5.41, 5.74) is 6.10. The lowest BCUT2D eigenvalue weighted by Gasteiger charge is -2.32. The molecule has 9 nitrogen and oxygen atoms in total. The maximum Gasteiger partial charge on any atom is 0.424 e. The molecule has 0 fully saturated rings. The number of nitrogens with one attached hydrogen (secondary N) is 1. The first-order valence-electron chi connectivity index (χ1n) is 12.3. The van der Waals surface area contributed by atoms with Crippen LogP contribution in [0, 0.1) is 5.82 Å². The average Bonchev–Trinajstić information content (AvgIpc) is 2.90. The van der Waals surface area contributed by atoms with Gasteiger partial charge >= 0.3 is 6.18 Å². The molecule has 220 valence electrons. The predicted molar refractivity (Wildman–Crippen MR) is 141 cm³/mol. The van der Waals surface area contributed by atoms with E-state index in [0.717, 1.165) is 18.2 Å². The Morgan fingerprint density at radius 1 is 1.02 bits per heavy atom. The fourth-order valence-electron chi connectivity index (χ4n) is 3.72. The van der Waals surface area contributed by atoms with Gasteiger partial charge in [-0.05, 0) is 74.0 Å². The van der Waals surface area contributed by atoms with Crippen LogP contribution in [0.2, 0.25) is 0 Å². The summed E-state index contributed by atoms with van der Waals surface area (Å²) in [5, 5.41) is 13.1. The van der Waals surface area contributed by atoms with Gasteiger partial charge in [-0.1, -0.05) is 0 Å². The normalized spacial score (nSPS) is 13.3. The number of carbonyl (C=O) groups excluding carboxylic acids is 2. The van der Waals surface area contributed by atoms with Crippen molar-refractivity contribution in [3.05, 3.63) is 77.2 Å². The van der Waals surface area contributed by atoms with E-state index in [0.29, 0.717) is 0 Å². The van der Waals surface area contributed by atoms with Crippen molar-refractivity contribution in [1.82, 2.24) is 10.3 Å². The SMILES string of the molecule is COc1cc(C(=O)NCC(O)(c2cc(C(C)(C)N)cc(-c3ccc(F)cc3)n2)C(F)(F)F)ccc1OCCC(N)=O. The zero-order valence-corrected chi connectivity index (χ0v) is 22.5. The Morgan fingerprint density at radius 2 is 1.68 bits per heavy atom. The van der Waals surface area contributed by atoms with E-state index in [9.17, 15) is 32.3 Å². The molecule has 0 bridgehead atoms. The number of alkyl halides is 3. The van der Waals surface area contributed by atoms with E-state index in [2.05, 4.69) is 10.3 Å².